The van der Waals surface area contributed by atoms with Crippen molar-refractivity contribution in [2.45, 2.75) is 57.3 Å². The van der Waals surface area contributed by atoms with Crippen LogP contribution in [-0.2, 0) is 28.8 Å². The summed E-state index contributed by atoms with van der Waals surface area (Å²) in [5, 5.41) is 33.5. The zero-order chi connectivity index (χ0) is 24.3. The van der Waals surface area contributed by atoms with Gasteiger partial charge in [0.05, 0.1) is 18.9 Å². The highest BCUT2D eigenvalue weighted by Crippen LogP contribution is 2.08. The van der Waals surface area contributed by atoms with Crippen LogP contribution >= 0.6 is 12.6 Å². The Balaban J connectivity index is 5.32. The van der Waals surface area contributed by atoms with Crippen LogP contribution in [0.25, 0.3) is 0 Å². The average molecular weight is 464 g/mol. The third-order valence-corrected chi connectivity index (χ3v) is 4.70. The van der Waals surface area contributed by atoms with E-state index in [1.807, 2.05) is 5.32 Å². The topological polar surface area (TPSA) is 225 Å². The lowest BCUT2D eigenvalue weighted by Gasteiger charge is -2.25. The lowest BCUT2D eigenvalue weighted by atomic mass is 9.99. The van der Waals surface area contributed by atoms with Crippen molar-refractivity contribution in [3.05, 3.63) is 0 Å². The molecule has 13 nitrogen and oxygen atoms in total. The number of carboxylic acid groups (broad SMARTS) is 3. The number of carbonyl (C=O) groups excluding carboxylic acids is 3. The average Bonchev–Trinajstić information content (AvgIpc) is 2.67. The number of hydrogen-bond acceptors (Lipinski definition) is 8. The number of nitrogens with two attached hydrogens (primary N) is 1. The first-order valence-corrected chi connectivity index (χ1v) is 9.91. The maximum Gasteiger partial charge on any atom is 0.326 e. The summed E-state index contributed by atoms with van der Waals surface area (Å²) in [6.07, 6.45) is -1.16. The molecule has 5 atom stereocenters. The molecule has 0 fully saturated rings. The van der Waals surface area contributed by atoms with Crippen LogP contribution in [0.5, 0.6) is 0 Å². The van der Waals surface area contributed by atoms with Crippen molar-refractivity contribution in [1.82, 2.24) is 16.0 Å². The normalized spacial score (nSPS) is 15.5. The maximum absolute atomic E-state index is 12.5. The molecule has 0 aromatic carbocycles. The fourth-order valence-corrected chi connectivity index (χ4v) is 2.60. The number of thiol groups is 1. The van der Waals surface area contributed by atoms with E-state index in [4.69, 9.17) is 15.9 Å². The van der Waals surface area contributed by atoms with Gasteiger partial charge in [0.1, 0.15) is 18.1 Å². The molecule has 0 aromatic heterocycles. The van der Waals surface area contributed by atoms with Gasteiger partial charge in [-0.1, -0.05) is 20.3 Å². The maximum atomic E-state index is 12.5. The van der Waals surface area contributed by atoms with Crippen LogP contribution in [0.15, 0.2) is 0 Å². The molecule has 0 aromatic rings. The van der Waals surface area contributed by atoms with Gasteiger partial charge in [0.2, 0.25) is 17.7 Å². The van der Waals surface area contributed by atoms with Gasteiger partial charge in [-0.3, -0.25) is 24.0 Å². The van der Waals surface area contributed by atoms with Crippen LogP contribution in [0.4, 0.5) is 0 Å². The Kier molecular flexibility index (Phi) is 12.2. The molecule has 31 heavy (non-hydrogen) atoms. The van der Waals surface area contributed by atoms with E-state index in [1.165, 1.54) is 0 Å². The quantitative estimate of drug-likeness (QED) is 0.129. The zero-order valence-electron chi connectivity index (χ0n) is 17.0. The Morgan fingerprint density at radius 3 is 1.74 bits per heavy atom. The SMILES string of the molecule is CCC(C)C(NC(=O)C(CS)NC(=O)C(CC(=O)O)NC(=O)C(N)CC(=O)O)C(=O)O. The molecule has 0 spiro atoms. The van der Waals surface area contributed by atoms with Gasteiger partial charge in [0.15, 0.2) is 0 Å². The van der Waals surface area contributed by atoms with Crippen LogP contribution in [0.3, 0.4) is 0 Å². The van der Waals surface area contributed by atoms with Gasteiger partial charge >= 0.3 is 17.9 Å². The van der Waals surface area contributed by atoms with Crippen LogP contribution < -0.4 is 21.7 Å². The fraction of sp³-hybridized carbons (Fsp3) is 0.647. The minimum atomic E-state index is -1.66. The molecule has 0 rings (SSSR count). The molecule has 0 aliphatic rings. The van der Waals surface area contributed by atoms with Gasteiger partial charge in [-0.15, -0.1) is 0 Å². The van der Waals surface area contributed by atoms with E-state index in [0.717, 1.165) is 0 Å². The number of carboxylic acids is 3. The number of nitrogens with one attached hydrogen (secondary N) is 3. The standard InChI is InChI=1S/C17H28N4O9S/c1-3-7(2)13(17(29)30)21-16(28)10(6-31)20-15(27)9(5-12(24)25)19-14(26)8(18)4-11(22)23/h7-10,13,31H,3-6,18H2,1-2H3,(H,19,26)(H,20,27)(H,21,28)(H,22,23)(H,24,25)(H,29,30). The Morgan fingerprint density at radius 1 is 0.839 bits per heavy atom. The predicted octanol–water partition coefficient (Wildman–Crippen LogP) is -2.22. The van der Waals surface area contributed by atoms with E-state index < -0.39 is 78.6 Å². The van der Waals surface area contributed by atoms with Crippen LogP contribution in [-0.4, -0.2) is 80.9 Å². The van der Waals surface area contributed by atoms with Crippen molar-refractivity contribution >= 4 is 48.3 Å². The van der Waals surface area contributed by atoms with Crippen LogP contribution in [0, 0.1) is 5.92 Å². The summed E-state index contributed by atoms with van der Waals surface area (Å²) in [6, 6.07) is -5.75. The third kappa shape index (κ3) is 10.1. The molecule has 0 aliphatic heterocycles. The minimum absolute atomic E-state index is 0.253. The van der Waals surface area contributed by atoms with Crippen molar-refractivity contribution < 1.29 is 44.1 Å². The highest BCUT2D eigenvalue weighted by Gasteiger charge is 2.32. The first-order valence-electron chi connectivity index (χ1n) is 9.27. The molecule has 5 unspecified atom stereocenters. The van der Waals surface area contributed by atoms with E-state index >= 15 is 0 Å². The molecule has 0 radical (unpaired) electrons. The summed E-state index contributed by atoms with van der Waals surface area (Å²) in [5.74, 6) is -7.76. The summed E-state index contributed by atoms with van der Waals surface area (Å²) >= 11 is 3.94. The van der Waals surface area contributed by atoms with E-state index in [9.17, 15) is 33.9 Å². The summed E-state index contributed by atoms with van der Waals surface area (Å²) in [4.78, 5) is 69.9. The summed E-state index contributed by atoms with van der Waals surface area (Å²) < 4.78 is 0. The smallest absolute Gasteiger partial charge is 0.326 e. The Bertz CT molecular complexity index is 703. The molecule has 0 bridgehead atoms. The second-order valence-corrected chi connectivity index (χ2v) is 7.18. The number of rotatable bonds is 14. The number of aliphatic carboxylic acids is 3. The molecular formula is C17H28N4O9S. The summed E-state index contributed by atoms with van der Waals surface area (Å²) in [7, 11) is 0. The van der Waals surface area contributed by atoms with Gasteiger partial charge in [0, 0.05) is 5.75 Å². The fourth-order valence-electron chi connectivity index (χ4n) is 2.35. The molecule has 14 heteroatoms. The van der Waals surface area contributed by atoms with Crippen molar-refractivity contribution in [1.29, 1.82) is 0 Å². The number of hydrogen-bond donors (Lipinski definition) is 8. The van der Waals surface area contributed by atoms with Crippen molar-refractivity contribution in [2.24, 2.45) is 11.7 Å². The van der Waals surface area contributed by atoms with E-state index in [-0.39, 0.29) is 5.75 Å². The summed E-state index contributed by atoms with van der Waals surface area (Å²) in [5.41, 5.74) is 5.39. The second-order valence-electron chi connectivity index (χ2n) is 6.82. The Labute approximate surface area is 183 Å². The van der Waals surface area contributed by atoms with Crippen molar-refractivity contribution in [3.63, 3.8) is 0 Å². The summed E-state index contributed by atoms with van der Waals surface area (Å²) in [6.45, 7) is 3.35. The number of amides is 3. The third-order valence-electron chi connectivity index (χ3n) is 4.34. The van der Waals surface area contributed by atoms with Gasteiger partial charge < -0.3 is 37.0 Å². The molecule has 0 aliphatic carbocycles. The highest BCUT2D eigenvalue weighted by molar-refractivity contribution is 7.80. The molecule has 8 N–H and O–H groups in total. The second kappa shape index (κ2) is 13.4. The van der Waals surface area contributed by atoms with Gasteiger partial charge in [-0.25, -0.2) is 4.79 Å². The van der Waals surface area contributed by atoms with Gasteiger partial charge in [-0.2, -0.15) is 12.6 Å². The molecule has 176 valence electrons. The molecule has 0 saturated carbocycles. The molecule has 0 heterocycles. The molecule has 3 amide bonds. The highest BCUT2D eigenvalue weighted by atomic mass is 32.1. The number of carbonyl (C=O) groups is 6. The Hall–Kier alpha value is -2.87. The Morgan fingerprint density at radius 2 is 1.32 bits per heavy atom. The van der Waals surface area contributed by atoms with E-state index in [1.54, 1.807) is 13.8 Å². The largest absolute Gasteiger partial charge is 0.481 e. The van der Waals surface area contributed by atoms with Crippen LogP contribution in [0.2, 0.25) is 0 Å². The van der Waals surface area contributed by atoms with Gasteiger partial charge in [0.25, 0.3) is 0 Å². The van der Waals surface area contributed by atoms with Crippen molar-refractivity contribution in [3.8, 4) is 0 Å². The van der Waals surface area contributed by atoms with Crippen molar-refractivity contribution in [2.75, 3.05) is 5.75 Å². The minimum Gasteiger partial charge on any atom is -0.481 e. The first kappa shape index (κ1) is 28.1. The van der Waals surface area contributed by atoms with E-state index in [0.29, 0.717) is 6.42 Å². The molecule has 0 saturated heterocycles. The van der Waals surface area contributed by atoms with Crippen LogP contribution in [0.1, 0.15) is 33.1 Å². The van der Waals surface area contributed by atoms with E-state index in [2.05, 4.69) is 23.3 Å². The lowest BCUT2D eigenvalue weighted by molar-refractivity contribution is -0.144. The monoisotopic (exact) mass is 464 g/mol. The zero-order valence-corrected chi connectivity index (χ0v) is 17.9. The first-order chi connectivity index (χ1) is 14.3. The van der Waals surface area contributed by atoms with Gasteiger partial charge in [-0.05, 0) is 5.92 Å². The predicted molar refractivity (Wildman–Crippen MR) is 109 cm³/mol. The molecular weight excluding hydrogens is 436 g/mol. The lowest BCUT2D eigenvalue weighted by Crippen LogP contribution is -2.58.